The predicted octanol–water partition coefficient (Wildman–Crippen LogP) is 1.51. The van der Waals surface area contributed by atoms with E-state index >= 15 is 0 Å². The lowest BCUT2D eigenvalue weighted by molar-refractivity contribution is -0.386. The zero-order valence-corrected chi connectivity index (χ0v) is 9.33. The summed E-state index contributed by atoms with van der Waals surface area (Å²) in [6.07, 6.45) is 0.543. The zero-order chi connectivity index (χ0) is 12.4. The molecule has 6 nitrogen and oxygen atoms in total. The van der Waals surface area contributed by atoms with Crippen molar-refractivity contribution >= 4 is 5.69 Å². The number of benzene rings is 1. The maximum Gasteiger partial charge on any atom is 0.314 e. The summed E-state index contributed by atoms with van der Waals surface area (Å²) in [6.45, 7) is 0. The normalized spacial score (nSPS) is 22.7. The molecule has 0 aliphatic heterocycles. The first kappa shape index (κ1) is 11.7. The number of rotatable bonds is 4. The summed E-state index contributed by atoms with van der Waals surface area (Å²) in [4.78, 5) is 10.4. The first-order chi connectivity index (χ1) is 8.10. The van der Waals surface area contributed by atoms with Crippen molar-refractivity contribution in [3.63, 3.8) is 0 Å². The standard InChI is InChI=1S/C11H13NO5/c1-16-8-2-3-11(10(6-8)12(14)15)17-9-4-7(13)5-9/h2-3,6-7,9,13H,4-5H2,1H3. The van der Waals surface area contributed by atoms with Crippen LogP contribution in [0.4, 0.5) is 5.69 Å². The van der Waals surface area contributed by atoms with E-state index in [1.54, 1.807) is 6.07 Å². The van der Waals surface area contributed by atoms with E-state index in [4.69, 9.17) is 14.6 Å². The molecule has 0 bridgehead atoms. The molecular weight excluding hydrogens is 226 g/mol. The predicted molar refractivity (Wildman–Crippen MR) is 59.3 cm³/mol. The molecule has 1 saturated carbocycles. The molecule has 1 aromatic rings. The molecule has 17 heavy (non-hydrogen) atoms. The number of hydrogen-bond acceptors (Lipinski definition) is 5. The van der Waals surface area contributed by atoms with Crippen LogP contribution >= 0.6 is 0 Å². The van der Waals surface area contributed by atoms with Crippen LogP contribution in [0.1, 0.15) is 12.8 Å². The van der Waals surface area contributed by atoms with Crippen LogP contribution in [-0.4, -0.2) is 29.3 Å². The van der Waals surface area contributed by atoms with Gasteiger partial charge in [0.1, 0.15) is 11.9 Å². The molecule has 0 heterocycles. The fraction of sp³-hybridized carbons (Fsp3) is 0.455. The maximum absolute atomic E-state index is 10.9. The number of nitro groups is 1. The molecule has 0 saturated heterocycles. The van der Waals surface area contributed by atoms with Gasteiger partial charge >= 0.3 is 5.69 Å². The minimum atomic E-state index is -0.507. The van der Waals surface area contributed by atoms with Crippen LogP contribution in [-0.2, 0) is 0 Å². The van der Waals surface area contributed by atoms with Gasteiger partial charge in [0.2, 0.25) is 0 Å². The Bertz CT molecular complexity index is 428. The molecule has 1 aliphatic carbocycles. The van der Waals surface area contributed by atoms with Crippen LogP contribution in [0.5, 0.6) is 11.5 Å². The molecule has 1 aliphatic rings. The number of aliphatic hydroxyl groups is 1. The van der Waals surface area contributed by atoms with Gasteiger partial charge in [-0.3, -0.25) is 10.1 Å². The summed E-state index contributed by atoms with van der Waals surface area (Å²) in [5.74, 6) is 0.630. The summed E-state index contributed by atoms with van der Waals surface area (Å²) >= 11 is 0. The highest BCUT2D eigenvalue weighted by Gasteiger charge is 2.31. The SMILES string of the molecule is COc1ccc(OC2CC(O)C2)c([N+](=O)[O-])c1. The molecule has 1 fully saturated rings. The second kappa shape index (κ2) is 4.58. The Kier molecular flexibility index (Phi) is 3.14. The van der Waals surface area contributed by atoms with Crippen molar-refractivity contribution in [3.05, 3.63) is 28.3 Å². The number of methoxy groups -OCH3 is 1. The van der Waals surface area contributed by atoms with Gasteiger partial charge in [-0.2, -0.15) is 0 Å². The molecule has 1 aromatic carbocycles. The zero-order valence-electron chi connectivity index (χ0n) is 9.33. The minimum Gasteiger partial charge on any atom is -0.496 e. The number of ether oxygens (including phenoxy) is 2. The summed E-state index contributed by atoms with van der Waals surface area (Å²) in [5, 5.41) is 20.0. The van der Waals surface area contributed by atoms with Crippen LogP contribution in [0, 0.1) is 10.1 Å². The van der Waals surface area contributed by atoms with Crippen molar-refractivity contribution in [2.75, 3.05) is 7.11 Å². The van der Waals surface area contributed by atoms with E-state index in [9.17, 15) is 10.1 Å². The van der Waals surface area contributed by atoms with Gasteiger partial charge in [-0.1, -0.05) is 0 Å². The van der Waals surface area contributed by atoms with Gasteiger partial charge in [-0.15, -0.1) is 0 Å². The third-order valence-electron chi connectivity index (χ3n) is 2.73. The molecule has 0 spiro atoms. The van der Waals surface area contributed by atoms with Gasteiger partial charge in [0.25, 0.3) is 0 Å². The fourth-order valence-electron chi connectivity index (χ4n) is 1.68. The van der Waals surface area contributed by atoms with Crippen molar-refractivity contribution in [2.45, 2.75) is 25.0 Å². The molecule has 0 atom stereocenters. The van der Waals surface area contributed by atoms with Gasteiger partial charge in [0.15, 0.2) is 5.75 Å². The molecule has 6 heteroatoms. The Morgan fingerprint density at radius 2 is 2.18 bits per heavy atom. The van der Waals surface area contributed by atoms with Crippen molar-refractivity contribution in [1.82, 2.24) is 0 Å². The monoisotopic (exact) mass is 239 g/mol. The first-order valence-electron chi connectivity index (χ1n) is 5.27. The van der Waals surface area contributed by atoms with Crippen LogP contribution in [0.15, 0.2) is 18.2 Å². The van der Waals surface area contributed by atoms with Crippen molar-refractivity contribution in [2.24, 2.45) is 0 Å². The number of nitro benzene ring substituents is 1. The van der Waals surface area contributed by atoms with Crippen LogP contribution in [0.2, 0.25) is 0 Å². The average Bonchev–Trinajstić information content (AvgIpc) is 2.27. The van der Waals surface area contributed by atoms with Crippen molar-refractivity contribution < 1.29 is 19.5 Å². The molecule has 92 valence electrons. The molecule has 0 unspecified atom stereocenters. The number of nitrogens with zero attached hydrogens (tertiary/aromatic N) is 1. The second-order valence-corrected chi connectivity index (χ2v) is 3.96. The van der Waals surface area contributed by atoms with E-state index in [1.807, 2.05) is 0 Å². The molecule has 1 N–H and O–H groups in total. The van der Waals surface area contributed by atoms with Crippen LogP contribution < -0.4 is 9.47 Å². The van der Waals surface area contributed by atoms with Gasteiger partial charge in [-0.25, -0.2) is 0 Å². The highest BCUT2D eigenvalue weighted by atomic mass is 16.6. The minimum absolute atomic E-state index is 0.120. The molecule has 0 amide bonds. The molecular formula is C11H13NO5. The summed E-state index contributed by atoms with van der Waals surface area (Å²) in [7, 11) is 1.45. The fourth-order valence-corrected chi connectivity index (χ4v) is 1.68. The van der Waals surface area contributed by atoms with E-state index in [0.717, 1.165) is 0 Å². The van der Waals surface area contributed by atoms with Crippen LogP contribution in [0.25, 0.3) is 0 Å². The van der Waals surface area contributed by atoms with E-state index < -0.39 is 4.92 Å². The van der Waals surface area contributed by atoms with Gasteiger partial charge < -0.3 is 14.6 Å². The maximum atomic E-state index is 10.9. The average molecular weight is 239 g/mol. The van der Waals surface area contributed by atoms with Gasteiger partial charge in [0.05, 0.1) is 24.2 Å². The van der Waals surface area contributed by atoms with E-state index in [0.29, 0.717) is 18.6 Å². The summed E-state index contributed by atoms with van der Waals surface area (Å²) in [5.41, 5.74) is -0.120. The van der Waals surface area contributed by atoms with Crippen LogP contribution in [0.3, 0.4) is 0 Å². The largest absolute Gasteiger partial charge is 0.496 e. The number of aliphatic hydroxyl groups excluding tert-OH is 1. The Balaban J connectivity index is 2.17. The third kappa shape index (κ3) is 2.47. The second-order valence-electron chi connectivity index (χ2n) is 3.96. The van der Waals surface area contributed by atoms with Gasteiger partial charge in [-0.05, 0) is 12.1 Å². The highest BCUT2D eigenvalue weighted by molar-refractivity contribution is 5.51. The lowest BCUT2D eigenvalue weighted by Crippen LogP contribution is -2.37. The quantitative estimate of drug-likeness (QED) is 0.636. The third-order valence-corrected chi connectivity index (χ3v) is 2.73. The van der Waals surface area contributed by atoms with Crippen molar-refractivity contribution in [1.29, 1.82) is 0 Å². The Hall–Kier alpha value is -1.82. The molecule has 0 aromatic heterocycles. The topological polar surface area (TPSA) is 81.8 Å². The highest BCUT2D eigenvalue weighted by Crippen LogP contribution is 2.34. The molecule has 0 radical (unpaired) electrons. The van der Waals surface area contributed by atoms with Crippen molar-refractivity contribution in [3.8, 4) is 11.5 Å². The molecule has 2 rings (SSSR count). The smallest absolute Gasteiger partial charge is 0.314 e. The number of hydrogen-bond donors (Lipinski definition) is 1. The summed E-state index contributed by atoms with van der Waals surface area (Å²) in [6, 6.07) is 4.45. The van der Waals surface area contributed by atoms with E-state index in [-0.39, 0.29) is 23.6 Å². The lowest BCUT2D eigenvalue weighted by Gasteiger charge is -2.31. The van der Waals surface area contributed by atoms with E-state index in [1.165, 1.54) is 19.2 Å². The van der Waals surface area contributed by atoms with E-state index in [2.05, 4.69) is 0 Å². The Morgan fingerprint density at radius 3 is 2.71 bits per heavy atom. The van der Waals surface area contributed by atoms with Gasteiger partial charge in [0, 0.05) is 12.8 Å². The lowest BCUT2D eigenvalue weighted by atomic mass is 9.92. The Labute approximate surface area is 97.9 Å². The Morgan fingerprint density at radius 1 is 1.47 bits per heavy atom. The first-order valence-corrected chi connectivity index (χ1v) is 5.27. The summed E-state index contributed by atoms with van der Waals surface area (Å²) < 4.78 is 10.4.